The first-order valence-electron chi connectivity index (χ1n) is 10.9. The van der Waals surface area contributed by atoms with Crippen LogP contribution in [0, 0.1) is 5.92 Å². The van der Waals surface area contributed by atoms with Crippen LogP contribution in [0.2, 0.25) is 0 Å². The lowest BCUT2D eigenvalue weighted by molar-refractivity contribution is 0.586. The molecule has 0 N–H and O–H groups in total. The molecule has 1 heterocycles. The van der Waals surface area contributed by atoms with Crippen LogP contribution in [0.5, 0.6) is 0 Å². The molecule has 0 amide bonds. The number of hydrogen-bond acceptors (Lipinski definition) is 2. The van der Waals surface area contributed by atoms with Gasteiger partial charge >= 0.3 is 0 Å². The Hall–Kier alpha value is -2.59. The quantitative estimate of drug-likeness (QED) is 0.526. The zero-order valence-electron chi connectivity index (χ0n) is 17.1. The van der Waals surface area contributed by atoms with Crippen LogP contribution in [0.3, 0.4) is 0 Å². The summed E-state index contributed by atoms with van der Waals surface area (Å²) >= 11 is 0. The number of sulfonamides is 1. The lowest BCUT2D eigenvalue weighted by Crippen LogP contribution is -2.35. The van der Waals surface area contributed by atoms with Gasteiger partial charge in [0.15, 0.2) is 0 Å². The van der Waals surface area contributed by atoms with Crippen molar-refractivity contribution >= 4 is 15.7 Å². The molecule has 2 aliphatic rings. The first-order chi connectivity index (χ1) is 14.6. The molecule has 1 aliphatic carbocycles. The highest BCUT2D eigenvalue weighted by Gasteiger charge is 2.38. The number of aryl methyl sites for hydroxylation is 2. The van der Waals surface area contributed by atoms with E-state index in [1.807, 2.05) is 12.1 Å². The molecule has 2 unspecified atom stereocenters. The van der Waals surface area contributed by atoms with Crippen LogP contribution in [0.25, 0.3) is 0 Å². The maximum Gasteiger partial charge on any atom is 0.264 e. The normalized spacial score (nSPS) is 20.6. The van der Waals surface area contributed by atoms with Crippen LogP contribution < -0.4 is 4.31 Å². The third kappa shape index (κ3) is 3.77. The molecule has 3 nitrogen and oxygen atoms in total. The molecule has 2 atom stereocenters. The van der Waals surface area contributed by atoms with Crippen molar-refractivity contribution in [3.63, 3.8) is 0 Å². The van der Waals surface area contributed by atoms with Crippen molar-refractivity contribution in [2.45, 2.75) is 42.9 Å². The molecular formula is C26H27NO2S. The molecule has 3 aromatic carbocycles. The molecule has 0 spiro atoms. The number of anilines is 1. The molecule has 0 bridgehead atoms. The van der Waals surface area contributed by atoms with E-state index in [4.69, 9.17) is 0 Å². The topological polar surface area (TPSA) is 37.4 Å². The van der Waals surface area contributed by atoms with Gasteiger partial charge in [0.1, 0.15) is 0 Å². The van der Waals surface area contributed by atoms with E-state index < -0.39 is 10.0 Å². The van der Waals surface area contributed by atoms with Gasteiger partial charge in [-0.1, -0.05) is 60.7 Å². The summed E-state index contributed by atoms with van der Waals surface area (Å²) in [6.07, 6.45) is 5.42. The van der Waals surface area contributed by atoms with E-state index in [0.29, 0.717) is 17.4 Å². The van der Waals surface area contributed by atoms with Crippen LogP contribution in [-0.2, 0) is 22.9 Å². The van der Waals surface area contributed by atoms with Gasteiger partial charge in [-0.15, -0.1) is 0 Å². The third-order valence-corrected chi connectivity index (χ3v) is 8.34. The van der Waals surface area contributed by atoms with Crippen LogP contribution in [0.4, 0.5) is 5.69 Å². The molecule has 1 aliphatic heterocycles. The van der Waals surface area contributed by atoms with Gasteiger partial charge in [-0.05, 0) is 78.8 Å². The highest BCUT2D eigenvalue weighted by Crippen LogP contribution is 2.51. The highest BCUT2D eigenvalue weighted by molar-refractivity contribution is 7.92. The van der Waals surface area contributed by atoms with Crippen molar-refractivity contribution in [1.29, 1.82) is 0 Å². The average Bonchev–Trinajstić information content (AvgIpc) is 3.58. The largest absolute Gasteiger partial charge is 0.266 e. The van der Waals surface area contributed by atoms with E-state index >= 15 is 0 Å². The standard InChI is InChI=1S/C26H27NO2S/c28-30(29,24-11-5-2-6-12-24)27-17-7-10-23-18-21(15-16-26(23)27)25-19-22(25)14-13-20-8-3-1-4-9-20/h1-6,8-9,11-12,15-16,18,22,25H,7,10,13-14,17,19H2. The Bertz CT molecular complexity index is 1130. The van der Waals surface area contributed by atoms with Gasteiger partial charge in [-0.3, -0.25) is 4.31 Å². The molecule has 0 radical (unpaired) electrons. The van der Waals surface area contributed by atoms with Crippen molar-refractivity contribution in [2.24, 2.45) is 5.92 Å². The molecule has 30 heavy (non-hydrogen) atoms. The van der Waals surface area contributed by atoms with Gasteiger partial charge in [-0.25, -0.2) is 8.42 Å². The molecular weight excluding hydrogens is 390 g/mol. The third-order valence-electron chi connectivity index (χ3n) is 6.51. The van der Waals surface area contributed by atoms with Gasteiger partial charge in [0.2, 0.25) is 0 Å². The van der Waals surface area contributed by atoms with Crippen molar-refractivity contribution in [3.05, 3.63) is 95.6 Å². The minimum atomic E-state index is -3.51. The summed E-state index contributed by atoms with van der Waals surface area (Å²) in [4.78, 5) is 0.366. The zero-order chi connectivity index (χ0) is 20.6. The number of nitrogens with zero attached hydrogens (tertiary/aromatic N) is 1. The fourth-order valence-corrected chi connectivity index (χ4v) is 6.32. The van der Waals surface area contributed by atoms with E-state index in [1.165, 1.54) is 29.5 Å². The number of fused-ring (bicyclic) bond motifs is 1. The molecule has 0 saturated heterocycles. The van der Waals surface area contributed by atoms with Crippen LogP contribution in [-0.4, -0.2) is 15.0 Å². The minimum absolute atomic E-state index is 0.366. The Kier molecular flexibility index (Phi) is 5.11. The summed E-state index contributed by atoms with van der Waals surface area (Å²) in [5.74, 6) is 1.37. The van der Waals surface area contributed by atoms with E-state index in [2.05, 4.69) is 42.5 Å². The van der Waals surface area contributed by atoms with Gasteiger partial charge < -0.3 is 0 Å². The maximum absolute atomic E-state index is 13.2. The van der Waals surface area contributed by atoms with Gasteiger partial charge in [0.25, 0.3) is 10.0 Å². The summed E-state index contributed by atoms with van der Waals surface area (Å²) in [7, 11) is -3.51. The van der Waals surface area contributed by atoms with Crippen molar-refractivity contribution in [3.8, 4) is 0 Å². The maximum atomic E-state index is 13.2. The number of rotatable bonds is 6. The molecule has 154 valence electrons. The summed E-state index contributed by atoms with van der Waals surface area (Å²) in [6, 6.07) is 25.9. The van der Waals surface area contributed by atoms with Crippen LogP contribution >= 0.6 is 0 Å². The van der Waals surface area contributed by atoms with Crippen molar-refractivity contribution in [2.75, 3.05) is 10.8 Å². The Balaban J connectivity index is 1.32. The van der Waals surface area contributed by atoms with Crippen LogP contribution in [0.15, 0.2) is 83.8 Å². The van der Waals surface area contributed by atoms with Gasteiger partial charge in [0.05, 0.1) is 10.6 Å². The lowest BCUT2D eigenvalue weighted by Gasteiger charge is -2.31. The number of hydrogen-bond donors (Lipinski definition) is 0. The SMILES string of the molecule is O=S(=O)(c1ccccc1)N1CCCc2cc(C3CC3CCc3ccccc3)ccc21. The van der Waals surface area contributed by atoms with E-state index in [1.54, 1.807) is 28.6 Å². The summed E-state index contributed by atoms with van der Waals surface area (Å²) in [5.41, 5.74) is 4.82. The molecule has 1 fully saturated rings. The van der Waals surface area contributed by atoms with Gasteiger partial charge in [-0.2, -0.15) is 0 Å². The summed E-state index contributed by atoms with van der Waals surface area (Å²) in [6.45, 7) is 0.548. The lowest BCUT2D eigenvalue weighted by atomic mass is 9.97. The monoisotopic (exact) mass is 417 g/mol. The molecule has 1 saturated carbocycles. The minimum Gasteiger partial charge on any atom is -0.266 e. The Morgan fingerprint density at radius 3 is 2.40 bits per heavy atom. The molecule has 3 aromatic rings. The van der Waals surface area contributed by atoms with Gasteiger partial charge in [0, 0.05) is 6.54 Å². The first kappa shape index (κ1) is 19.4. The van der Waals surface area contributed by atoms with Crippen molar-refractivity contribution in [1.82, 2.24) is 0 Å². The van der Waals surface area contributed by atoms with E-state index in [0.717, 1.165) is 30.9 Å². The second-order valence-corrected chi connectivity index (χ2v) is 10.4. The average molecular weight is 418 g/mol. The Morgan fingerprint density at radius 2 is 1.63 bits per heavy atom. The van der Waals surface area contributed by atoms with Crippen LogP contribution in [0.1, 0.15) is 41.9 Å². The molecule has 0 aromatic heterocycles. The summed E-state index contributed by atoms with van der Waals surface area (Å²) < 4.78 is 28.0. The number of benzene rings is 3. The van der Waals surface area contributed by atoms with Crippen molar-refractivity contribution < 1.29 is 8.42 Å². The Morgan fingerprint density at radius 1 is 0.900 bits per heavy atom. The predicted octanol–water partition coefficient (Wildman–Crippen LogP) is 5.56. The predicted molar refractivity (Wildman–Crippen MR) is 121 cm³/mol. The first-order valence-corrected chi connectivity index (χ1v) is 12.3. The fraction of sp³-hybridized carbons (Fsp3) is 0.308. The summed E-state index contributed by atoms with van der Waals surface area (Å²) in [5, 5.41) is 0. The zero-order valence-corrected chi connectivity index (χ0v) is 17.9. The molecule has 4 heteroatoms. The fourth-order valence-electron chi connectivity index (χ4n) is 4.75. The smallest absolute Gasteiger partial charge is 0.264 e. The second kappa shape index (κ2) is 7.92. The highest BCUT2D eigenvalue weighted by atomic mass is 32.2. The molecule has 5 rings (SSSR count). The van der Waals surface area contributed by atoms with E-state index in [-0.39, 0.29) is 0 Å². The Labute approximate surface area is 179 Å². The van der Waals surface area contributed by atoms with E-state index in [9.17, 15) is 8.42 Å². The second-order valence-electron chi connectivity index (χ2n) is 8.51.